The number of aryl methyl sites for hydroxylation is 1. The SMILES string of the molecule is Cc1nc(Cl)c(Cl)c(Cl)c1C#N. The summed E-state index contributed by atoms with van der Waals surface area (Å²) in [6, 6.07) is 1.89. The van der Waals surface area contributed by atoms with Crippen LogP contribution in [0.5, 0.6) is 0 Å². The van der Waals surface area contributed by atoms with E-state index in [1.54, 1.807) is 6.92 Å². The predicted octanol–water partition coefficient (Wildman–Crippen LogP) is 3.22. The van der Waals surface area contributed by atoms with Gasteiger partial charge in [-0.05, 0) is 6.92 Å². The number of hydrogen-bond acceptors (Lipinski definition) is 2. The Kier molecular flexibility index (Phi) is 2.79. The summed E-state index contributed by atoms with van der Waals surface area (Å²) < 4.78 is 0. The fourth-order valence-corrected chi connectivity index (χ4v) is 1.42. The summed E-state index contributed by atoms with van der Waals surface area (Å²) in [6.07, 6.45) is 0. The highest BCUT2D eigenvalue weighted by Gasteiger charge is 2.12. The fraction of sp³-hybridized carbons (Fsp3) is 0.143. The average Bonchev–Trinajstić information content (AvgIpc) is 2.01. The van der Waals surface area contributed by atoms with Crippen molar-refractivity contribution in [2.24, 2.45) is 0 Å². The summed E-state index contributed by atoms with van der Waals surface area (Å²) in [5, 5.41) is 9.05. The summed E-state index contributed by atoms with van der Waals surface area (Å²) in [7, 11) is 0. The molecule has 0 unspecified atom stereocenters. The third kappa shape index (κ3) is 1.49. The number of nitriles is 1. The first-order valence-corrected chi connectivity index (χ1v) is 4.12. The van der Waals surface area contributed by atoms with Crippen LogP contribution >= 0.6 is 34.8 Å². The van der Waals surface area contributed by atoms with Crippen molar-refractivity contribution in [3.8, 4) is 6.07 Å². The van der Waals surface area contributed by atoms with E-state index in [0.29, 0.717) is 5.69 Å². The Morgan fingerprint density at radius 3 is 2.33 bits per heavy atom. The quantitative estimate of drug-likeness (QED) is 0.631. The van der Waals surface area contributed by atoms with Crippen LogP contribution in [0.4, 0.5) is 0 Å². The number of rotatable bonds is 0. The van der Waals surface area contributed by atoms with Crippen LogP contribution in [0.1, 0.15) is 11.3 Å². The molecule has 0 amide bonds. The molecule has 0 saturated carbocycles. The van der Waals surface area contributed by atoms with Gasteiger partial charge in [0.25, 0.3) is 0 Å². The van der Waals surface area contributed by atoms with Gasteiger partial charge in [0.1, 0.15) is 11.2 Å². The van der Waals surface area contributed by atoms with Crippen LogP contribution in [0.15, 0.2) is 0 Å². The van der Waals surface area contributed by atoms with E-state index in [-0.39, 0.29) is 20.8 Å². The number of pyridine rings is 1. The molecule has 0 fully saturated rings. The van der Waals surface area contributed by atoms with Crippen LogP contribution in [0.3, 0.4) is 0 Å². The van der Waals surface area contributed by atoms with Crippen molar-refractivity contribution in [2.75, 3.05) is 0 Å². The van der Waals surface area contributed by atoms with Gasteiger partial charge in [-0.25, -0.2) is 4.98 Å². The monoisotopic (exact) mass is 220 g/mol. The second-order valence-corrected chi connectivity index (χ2v) is 3.22. The van der Waals surface area contributed by atoms with Gasteiger partial charge >= 0.3 is 0 Å². The largest absolute Gasteiger partial charge is 0.238 e. The van der Waals surface area contributed by atoms with Crippen molar-refractivity contribution >= 4 is 34.8 Å². The number of aromatic nitrogens is 1. The van der Waals surface area contributed by atoms with Crippen molar-refractivity contribution in [1.82, 2.24) is 4.98 Å². The van der Waals surface area contributed by atoms with Crippen LogP contribution in [-0.4, -0.2) is 4.98 Å². The summed E-state index contributed by atoms with van der Waals surface area (Å²) in [5.41, 5.74) is 0.753. The summed E-state index contributed by atoms with van der Waals surface area (Å²) >= 11 is 17.0. The van der Waals surface area contributed by atoms with Gasteiger partial charge in [0.05, 0.1) is 21.3 Å². The first-order chi connectivity index (χ1) is 5.57. The van der Waals surface area contributed by atoms with Gasteiger partial charge in [-0.15, -0.1) is 0 Å². The molecule has 0 bridgehead atoms. The molecule has 1 rings (SSSR count). The Bertz CT molecular complexity index is 368. The molecule has 5 heteroatoms. The Hall–Kier alpha value is -0.490. The van der Waals surface area contributed by atoms with Gasteiger partial charge in [-0.1, -0.05) is 34.8 Å². The second kappa shape index (κ2) is 3.49. The minimum Gasteiger partial charge on any atom is -0.238 e. The minimum absolute atomic E-state index is 0.123. The molecule has 1 aromatic rings. The van der Waals surface area contributed by atoms with E-state index in [1.165, 1.54) is 0 Å². The smallest absolute Gasteiger partial charge is 0.149 e. The molecule has 0 saturated heterocycles. The zero-order chi connectivity index (χ0) is 9.30. The van der Waals surface area contributed by atoms with Crippen LogP contribution in [0.25, 0.3) is 0 Å². The van der Waals surface area contributed by atoms with E-state index in [2.05, 4.69) is 4.98 Å². The first-order valence-electron chi connectivity index (χ1n) is 2.99. The van der Waals surface area contributed by atoms with Crippen LogP contribution < -0.4 is 0 Å². The Morgan fingerprint density at radius 1 is 1.25 bits per heavy atom. The number of halogens is 3. The fourth-order valence-electron chi connectivity index (χ4n) is 0.741. The lowest BCUT2D eigenvalue weighted by Crippen LogP contribution is -1.91. The molecule has 1 heterocycles. The molecule has 2 nitrogen and oxygen atoms in total. The molecule has 0 aliphatic rings. The summed E-state index contributed by atoms with van der Waals surface area (Å²) in [6.45, 7) is 1.65. The van der Waals surface area contributed by atoms with Gasteiger partial charge in [0, 0.05) is 0 Å². The minimum atomic E-state index is 0.123. The van der Waals surface area contributed by atoms with Crippen LogP contribution in [-0.2, 0) is 0 Å². The first kappa shape index (κ1) is 9.60. The average molecular weight is 221 g/mol. The molecule has 0 aliphatic carbocycles. The van der Waals surface area contributed by atoms with Gasteiger partial charge in [-0.2, -0.15) is 5.26 Å². The maximum absolute atomic E-state index is 8.64. The lowest BCUT2D eigenvalue weighted by atomic mass is 10.2. The van der Waals surface area contributed by atoms with Crippen molar-refractivity contribution < 1.29 is 0 Å². The maximum Gasteiger partial charge on any atom is 0.149 e. The second-order valence-electron chi connectivity index (χ2n) is 2.10. The van der Waals surface area contributed by atoms with Crippen molar-refractivity contribution in [3.63, 3.8) is 0 Å². The molecular formula is C7H3Cl3N2. The lowest BCUT2D eigenvalue weighted by Gasteiger charge is -2.02. The summed E-state index contributed by atoms with van der Waals surface area (Å²) in [5.74, 6) is 0. The van der Waals surface area contributed by atoms with E-state index >= 15 is 0 Å². The van der Waals surface area contributed by atoms with Crippen molar-refractivity contribution in [2.45, 2.75) is 6.92 Å². The Balaban J connectivity index is 3.54. The van der Waals surface area contributed by atoms with Gasteiger partial charge in [0.15, 0.2) is 0 Å². The Morgan fingerprint density at radius 2 is 1.83 bits per heavy atom. The maximum atomic E-state index is 8.64. The summed E-state index contributed by atoms with van der Waals surface area (Å²) in [4.78, 5) is 3.83. The molecule has 0 atom stereocenters. The molecule has 0 radical (unpaired) electrons. The predicted molar refractivity (Wildman–Crippen MR) is 48.7 cm³/mol. The van der Waals surface area contributed by atoms with E-state index in [9.17, 15) is 0 Å². The highest BCUT2D eigenvalue weighted by molar-refractivity contribution is 6.47. The normalized spacial score (nSPS) is 9.58. The number of hydrogen-bond donors (Lipinski definition) is 0. The van der Waals surface area contributed by atoms with Crippen LogP contribution in [0.2, 0.25) is 15.2 Å². The standard InChI is InChI=1S/C7H3Cl3N2/c1-3-4(2-11)5(8)6(9)7(10)12-3/h1H3. The zero-order valence-electron chi connectivity index (χ0n) is 6.03. The molecular weight excluding hydrogens is 218 g/mol. The molecule has 12 heavy (non-hydrogen) atoms. The third-order valence-electron chi connectivity index (χ3n) is 1.33. The lowest BCUT2D eigenvalue weighted by molar-refractivity contribution is 1.18. The van der Waals surface area contributed by atoms with Crippen molar-refractivity contribution in [1.29, 1.82) is 5.26 Å². The molecule has 62 valence electrons. The molecule has 1 aromatic heterocycles. The molecule has 0 N–H and O–H groups in total. The topological polar surface area (TPSA) is 36.7 Å². The highest BCUT2D eigenvalue weighted by atomic mass is 35.5. The molecule has 0 aliphatic heterocycles. The number of nitrogens with zero attached hydrogens (tertiary/aromatic N) is 2. The third-order valence-corrected chi connectivity index (χ3v) is 2.55. The molecule has 0 spiro atoms. The highest BCUT2D eigenvalue weighted by Crippen LogP contribution is 2.32. The van der Waals surface area contributed by atoms with Gasteiger partial charge < -0.3 is 0 Å². The van der Waals surface area contributed by atoms with E-state index in [4.69, 9.17) is 40.1 Å². The van der Waals surface area contributed by atoms with E-state index < -0.39 is 0 Å². The Labute approximate surface area is 84.7 Å². The van der Waals surface area contributed by atoms with Crippen molar-refractivity contribution in [3.05, 3.63) is 26.5 Å². The van der Waals surface area contributed by atoms with E-state index in [0.717, 1.165) is 0 Å². The van der Waals surface area contributed by atoms with Gasteiger partial charge in [0.2, 0.25) is 0 Å². The van der Waals surface area contributed by atoms with E-state index in [1.807, 2.05) is 6.07 Å². The van der Waals surface area contributed by atoms with Crippen LogP contribution in [0, 0.1) is 18.3 Å². The molecule has 0 aromatic carbocycles. The van der Waals surface area contributed by atoms with Gasteiger partial charge in [-0.3, -0.25) is 0 Å². The zero-order valence-corrected chi connectivity index (χ0v) is 8.30.